The lowest BCUT2D eigenvalue weighted by Crippen LogP contribution is -2.45. The van der Waals surface area contributed by atoms with Gasteiger partial charge in [-0.1, -0.05) is 261 Å². The molecule has 0 spiro atoms. The summed E-state index contributed by atoms with van der Waals surface area (Å²) < 4.78 is 5.44. The smallest absolute Gasteiger partial charge is 0.305 e. The normalized spacial score (nSPS) is 13.0. The summed E-state index contributed by atoms with van der Waals surface area (Å²) in [6.07, 6.45) is 75.3. The Morgan fingerprint density at radius 2 is 0.783 bits per heavy atom. The molecule has 2 unspecified atom stereocenters. The van der Waals surface area contributed by atoms with Crippen LogP contribution in [0.1, 0.15) is 303 Å². The molecule has 0 heterocycles. The maximum Gasteiger partial charge on any atom is 0.305 e. The maximum absolute atomic E-state index is 12.5. The van der Waals surface area contributed by atoms with Crippen molar-refractivity contribution in [1.82, 2.24) is 5.32 Å². The Morgan fingerprint density at radius 3 is 1.23 bits per heavy atom. The number of carbonyl (C=O) groups excluding carboxylic acids is 2. The predicted octanol–water partition coefficient (Wildman–Crippen LogP) is 18.7. The summed E-state index contributed by atoms with van der Waals surface area (Å²) in [6.45, 7) is 4.82. The number of amides is 1. The van der Waals surface area contributed by atoms with Crippen LogP contribution in [0.25, 0.3) is 0 Å². The lowest BCUT2D eigenvalue weighted by molar-refractivity contribution is -0.143. The minimum absolute atomic E-state index is 0.0293. The van der Waals surface area contributed by atoms with Gasteiger partial charge in [-0.15, -0.1) is 0 Å². The van der Waals surface area contributed by atoms with E-state index in [2.05, 4.69) is 67.8 Å². The molecule has 6 nitrogen and oxygen atoms in total. The molecule has 0 radical (unpaired) electrons. The highest BCUT2D eigenvalue weighted by atomic mass is 16.5. The van der Waals surface area contributed by atoms with E-state index in [1.807, 2.05) is 6.08 Å². The molecule has 0 saturated carbocycles. The van der Waals surface area contributed by atoms with Gasteiger partial charge in [0.1, 0.15) is 0 Å². The van der Waals surface area contributed by atoms with Crippen LogP contribution in [-0.4, -0.2) is 47.4 Å². The van der Waals surface area contributed by atoms with Crippen molar-refractivity contribution < 1.29 is 24.5 Å². The van der Waals surface area contributed by atoms with Crippen molar-refractivity contribution in [1.29, 1.82) is 0 Å². The second-order valence-corrected chi connectivity index (χ2v) is 20.3. The van der Waals surface area contributed by atoms with Crippen LogP contribution < -0.4 is 5.32 Å². The number of aliphatic hydroxyl groups excluding tert-OH is 2. The second-order valence-electron chi connectivity index (χ2n) is 20.3. The standard InChI is InChI=1S/C63H115NO5/c1-3-5-7-9-11-13-15-17-19-20-22-25-28-31-35-39-43-47-51-55-61(66)60(59-65)64-62(67)56-52-48-44-40-36-32-29-26-23-21-24-27-30-34-38-42-46-50-54-58-69-63(68)57-53-49-45-41-37-33-18-16-14-12-10-8-6-4-2/h10,12,16,18,27,30,34,38,51,55,60-61,65-66H,3-9,11,13-15,17,19-26,28-29,31-33,35-37,39-50,52-54,56-59H2,1-2H3,(H,64,67)/b12-10-,18-16-,30-27-,38-34-,55-51+. The highest BCUT2D eigenvalue weighted by molar-refractivity contribution is 5.76. The summed E-state index contributed by atoms with van der Waals surface area (Å²) in [5.74, 6) is -0.107. The Hall–Kier alpha value is -2.44. The first-order valence-corrected chi connectivity index (χ1v) is 30.1. The van der Waals surface area contributed by atoms with Gasteiger partial charge in [-0.05, 0) is 89.9 Å². The first kappa shape index (κ1) is 66.6. The van der Waals surface area contributed by atoms with Gasteiger partial charge >= 0.3 is 5.97 Å². The van der Waals surface area contributed by atoms with Gasteiger partial charge in [-0.25, -0.2) is 0 Å². The molecule has 0 rings (SSSR count). The Labute approximate surface area is 428 Å². The monoisotopic (exact) mass is 966 g/mol. The third kappa shape index (κ3) is 54.7. The van der Waals surface area contributed by atoms with E-state index in [9.17, 15) is 19.8 Å². The molecule has 0 aliphatic carbocycles. The van der Waals surface area contributed by atoms with Crippen molar-refractivity contribution >= 4 is 11.9 Å². The van der Waals surface area contributed by atoms with Crippen LogP contribution in [0.3, 0.4) is 0 Å². The van der Waals surface area contributed by atoms with Crippen molar-refractivity contribution in [2.24, 2.45) is 0 Å². The third-order valence-electron chi connectivity index (χ3n) is 13.5. The molecule has 0 aromatic heterocycles. The van der Waals surface area contributed by atoms with Gasteiger partial charge in [-0.3, -0.25) is 9.59 Å². The summed E-state index contributed by atoms with van der Waals surface area (Å²) >= 11 is 0. The zero-order valence-electron chi connectivity index (χ0n) is 45.8. The number of aliphatic hydroxyl groups is 2. The van der Waals surface area contributed by atoms with Gasteiger partial charge in [0.05, 0.1) is 25.4 Å². The van der Waals surface area contributed by atoms with Gasteiger partial charge < -0.3 is 20.3 Å². The van der Waals surface area contributed by atoms with Crippen molar-refractivity contribution in [2.45, 2.75) is 315 Å². The predicted molar refractivity (Wildman–Crippen MR) is 301 cm³/mol. The number of hydrogen-bond acceptors (Lipinski definition) is 5. The Balaban J connectivity index is 3.53. The Bertz CT molecular complexity index is 1210. The van der Waals surface area contributed by atoms with Crippen molar-refractivity contribution in [2.75, 3.05) is 13.2 Å². The zero-order valence-corrected chi connectivity index (χ0v) is 45.8. The summed E-state index contributed by atoms with van der Waals surface area (Å²) in [6, 6.07) is -0.638. The minimum atomic E-state index is -0.853. The van der Waals surface area contributed by atoms with E-state index in [0.29, 0.717) is 19.4 Å². The highest BCUT2D eigenvalue weighted by Gasteiger charge is 2.18. The van der Waals surface area contributed by atoms with Crippen molar-refractivity contribution in [3.8, 4) is 0 Å². The first-order valence-electron chi connectivity index (χ1n) is 30.1. The van der Waals surface area contributed by atoms with Gasteiger partial charge in [0, 0.05) is 12.8 Å². The summed E-state index contributed by atoms with van der Waals surface area (Å²) in [7, 11) is 0. The lowest BCUT2D eigenvalue weighted by Gasteiger charge is -2.20. The molecule has 0 fully saturated rings. The largest absolute Gasteiger partial charge is 0.466 e. The van der Waals surface area contributed by atoms with E-state index in [0.717, 1.165) is 89.9 Å². The van der Waals surface area contributed by atoms with Gasteiger partial charge in [0.2, 0.25) is 5.91 Å². The van der Waals surface area contributed by atoms with E-state index in [-0.39, 0.29) is 18.5 Å². The number of esters is 1. The topological polar surface area (TPSA) is 95.9 Å². The van der Waals surface area contributed by atoms with Crippen molar-refractivity contribution in [3.63, 3.8) is 0 Å². The van der Waals surface area contributed by atoms with E-state index in [1.54, 1.807) is 6.08 Å². The fourth-order valence-corrected chi connectivity index (χ4v) is 8.88. The molecule has 402 valence electrons. The van der Waals surface area contributed by atoms with Gasteiger partial charge in [-0.2, -0.15) is 0 Å². The molecule has 3 N–H and O–H groups in total. The molecule has 0 aromatic rings. The number of hydrogen-bond donors (Lipinski definition) is 3. The van der Waals surface area contributed by atoms with Crippen LogP contribution in [-0.2, 0) is 14.3 Å². The third-order valence-corrected chi connectivity index (χ3v) is 13.5. The van der Waals surface area contributed by atoms with E-state index < -0.39 is 12.1 Å². The number of rotatable bonds is 55. The molecule has 0 saturated heterocycles. The average Bonchev–Trinajstić information content (AvgIpc) is 3.35. The van der Waals surface area contributed by atoms with Crippen LogP contribution in [0.2, 0.25) is 0 Å². The number of unbranched alkanes of at least 4 members (excludes halogenated alkanes) is 37. The number of nitrogens with one attached hydrogen (secondary N) is 1. The van der Waals surface area contributed by atoms with Crippen molar-refractivity contribution in [3.05, 3.63) is 60.8 Å². The zero-order chi connectivity index (χ0) is 50.0. The Morgan fingerprint density at radius 1 is 0.420 bits per heavy atom. The molecule has 69 heavy (non-hydrogen) atoms. The summed E-state index contributed by atoms with van der Waals surface area (Å²) in [4.78, 5) is 24.5. The highest BCUT2D eigenvalue weighted by Crippen LogP contribution is 2.16. The minimum Gasteiger partial charge on any atom is -0.466 e. The molecular formula is C63H115NO5. The quantitative estimate of drug-likeness (QED) is 0.0244. The molecular weight excluding hydrogens is 851 g/mol. The van der Waals surface area contributed by atoms with Gasteiger partial charge in [0.15, 0.2) is 0 Å². The average molecular weight is 967 g/mol. The van der Waals surface area contributed by atoms with E-state index in [4.69, 9.17) is 4.74 Å². The molecule has 0 aliphatic rings. The molecule has 0 aliphatic heterocycles. The number of allylic oxidation sites excluding steroid dienone is 9. The number of ether oxygens (including phenoxy) is 1. The van der Waals surface area contributed by atoms with Crippen LogP contribution >= 0.6 is 0 Å². The molecule has 0 aromatic carbocycles. The SMILES string of the molecule is CCCC/C=C\C/C=C\CCCCCCCC(=O)OCCCCC/C=C\C=C/CCCCCCCCCCCCC(=O)NC(CO)C(O)/C=C/CCCCCCCCCCCCCCCCCCC. The lowest BCUT2D eigenvalue weighted by atomic mass is 10.0. The van der Waals surface area contributed by atoms with Gasteiger partial charge in [0.25, 0.3) is 0 Å². The molecule has 0 bridgehead atoms. The van der Waals surface area contributed by atoms with E-state index >= 15 is 0 Å². The molecule has 1 amide bonds. The maximum atomic E-state index is 12.5. The van der Waals surface area contributed by atoms with Crippen LogP contribution in [0.4, 0.5) is 0 Å². The number of carbonyl (C=O) groups is 2. The first-order chi connectivity index (χ1) is 34.0. The summed E-state index contributed by atoms with van der Waals surface area (Å²) in [5, 5.41) is 23.2. The Kier molecular flexibility index (Phi) is 56.1. The summed E-state index contributed by atoms with van der Waals surface area (Å²) in [5.41, 5.74) is 0. The fraction of sp³-hybridized carbons (Fsp3) is 0.810. The van der Waals surface area contributed by atoms with Crippen LogP contribution in [0.15, 0.2) is 60.8 Å². The van der Waals surface area contributed by atoms with Crippen LogP contribution in [0.5, 0.6) is 0 Å². The molecule has 2 atom stereocenters. The molecule has 6 heteroatoms. The fourth-order valence-electron chi connectivity index (χ4n) is 8.88. The van der Waals surface area contributed by atoms with E-state index in [1.165, 1.54) is 186 Å². The van der Waals surface area contributed by atoms with Crippen LogP contribution in [0, 0.1) is 0 Å². The second kappa shape index (κ2) is 58.1.